The quantitative estimate of drug-likeness (QED) is 0.580. The molecule has 1 saturated carbocycles. The van der Waals surface area contributed by atoms with Crippen molar-refractivity contribution in [3.8, 4) is 0 Å². The van der Waals surface area contributed by atoms with Crippen LogP contribution < -0.4 is 0 Å². The minimum Gasteiger partial charge on any atom is -0.294 e. The molecule has 0 aliphatic heterocycles. The predicted molar refractivity (Wildman–Crippen MR) is 112 cm³/mol. The molecule has 28 heavy (non-hydrogen) atoms. The molecule has 4 nitrogen and oxygen atoms in total. The van der Waals surface area contributed by atoms with Crippen LogP contribution in [0.3, 0.4) is 0 Å². The van der Waals surface area contributed by atoms with E-state index >= 15 is 0 Å². The van der Waals surface area contributed by atoms with Gasteiger partial charge in [0, 0.05) is 17.1 Å². The first-order chi connectivity index (χ1) is 13.0. The molecule has 146 valence electrons. The summed E-state index contributed by atoms with van der Waals surface area (Å²) >= 11 is 0. The van der Waals surface area contributed by atoms with Crippen LogP contribution in [0.2, 0.25) is 0 Å². The number of hydrogen-bond acceptors (Lipinski definition) is 3. The summed E-state index contributed by atoms with van der Waals surface area (Å²) in [7, 11) is -3.83. The number of carbonyl (C=O) groups excluding carboxylic acids is 1. The monoisotopic (exact) mass is 395 g/mol. The van der Waals surface area contributed by atoms with E-state index in [2.05, 4.69) is 6.92 Å². The van der Waals surface area contributed by atoms with Gasteiger partial charge in [0.1, 0.15) is 0 Å². The Morgan fingerprint density at radius 2 is 1.64 bits per heavy atom. The molecule has 2 aromatic carbocycles. The van der Waals surface area contributed by atoms with Crippen LogP contribution in [0.4, 0.5) is 0 Å². The Labute approximate surface area is 166 Å². The molecule has 0 N–H and O–H groups in total. The van der Waals surface area contributed by atoms with E-state index in [4.69, 9.17) is 0 Å². The topological polar surface area (TPSA) is 56.1 Å². The van der Waals surface area contributed by atoms with Gasteiger partial charge in [0.15, 0.2) is 5.78 Å². The number of aromatic nitrogens is 1. The van der Waals surface area contributed by atoms with Crippen molar-refractivity contribution in [1.82, 2.24) is 3.97 Å². The van der Waals surface area contributed by atoms with Gasteiger partial charge in [0.05, 0.1) is 10.4 Å². The van der Waals surface area contributed by atoms with Crippen LogP contribution in [0.5, 0.6) is 0 Å². The maximum Gasteiger partial charge on any atom is 0.268 e. The summed E-state index contributed by atoms with van der Waals surface area (Å²) in [5.41, 5.74) is 4.72. The Kier molecular flexibility index (Phi) is 4.09. The average molecular weight is 396 g/mol. The lowest BCUT2D eigenvalue weighted by molar-refractivity contribution is 0.101. The fourth-order valence-electron chi connectivity index (χ4n) is 4.20. The van der Waals surface area contributed by atoms with E-state index in [0.29, 0.717) is 32.5 Å². The van der Waals surface area contributed by atoms with E-state index in [1.807, 2.05) is 51.1 Å². The van der Waals surface area contributed by atoms with Crippen LogP contribution in [-0.2, 0) is 15.4 Å². The van der Waals surface area contributed by atoms with Gasteiger partial charge in [-0.1, -0.05) is 36.8 Å². The SMILES string of the molecule is CC(=O)c1cn(S(=O)(=O)c2c(C)cc(C)cc2C)c2cc(C3(C)CC3)ccc12. The Morgan fingerprint density at radius 3 is 2.18 bits per heavy atom. The highest BCUT2D eigenvalue weighted by Gasteiger charge is 2.39. The van der Waals surface area contributed by atoms with E-state index in [1.54, 1.807) is 0 Å². The summed E-state index contributed by atoms with van der Waals surface area (Å²) in [6.07, 6.45) is 3.68. The molecule has 1 heterocycles. The number of hydrogen-bond donors (Lipinski definition) is 0. The maximum absolute atomic E-state index is 13.7. The number of Topliss-reactive ketones (excluding diaryl/α,β-unsaturated/α-hetero) is 1. The van der Waals surface area contributed by atoms with Crippen molar-refractivity contribution < 1.29 is 13.2 Å². The van der Waals surface area contributed by atoms with Crippen molar-refractivity contribution in [1.29, 1.82) is 0 Å². The van der Waals surface area contributed by atoms with Gasteiger partial charge in [-0.2, -0.15) is 0 Å². The number of rotatable bonds is 4. The van der Waals surface area contributed by atoms with E-state index in [1.165, 1.54) is 17.1 Å². The van der Waals surface area contributed by atoms with Crippen molar-refractivity contribution in [2.45, 2.75) is 57.8 Å². The molecule has 0 bridgehead atoms. The van der Waals surface area contributed by atoms with Crippen molar-refractivity contribution in [3.05, 3.63) is 64.3 Å². The zero-order valence-electron chi connectivity index (χ0n) is 17.0. The van der Waals surface area contributed by atoms with Crippen LogP contribution in [-0.4, -0.2) is 18.2 Å². The van der Waals surface area contributed by atoms with Crippen molar-refractivity contribution >= 4 is 26.7 Å². The third-order valence-corrected chi connectivity index (χ3v) is 7.95. The van der Waals surface area contributed by atoms with Crippen molar-refractivity contribution in [3.63, 3.8) is 0 Å². The molecule has 1 aromatic heterocycles. The van der Waals surface area contributed by atoms with E-state index in [9.17, 15) is 13.2 Å². The zero-order valence-corrected chi connectivity index (χ0v) is 17.8. The van der Waals surface area contributed by atoms with Gasteiger partial charge in [-0.05, 0) is 68.7 Å². The predicted octanol–water partition coefficient (Wildman–Crippen LogP) is 5.06. The van der Waals surface area contributed by atoms with Crippen LogP contribution >= 0.6 is 0 Å². The minimum absolute atomic E-state index is 0.110. The summed E-state index contributed by atoms with van der Waals surface area (Å²) in [4.78, 5) is 12.5. The molecule has 0 saturated heterocycles. The highest BCUT2D eigenvalue weighted by molar-refractivity contribution is 7.90. The van der Waals surface area contributed by atoms with Crippen LogP contribution in [0.25, 0.3) is 10.9 Å². The van der Waals surface area contributed by atoms with Gasteiger partial charge in [-0.3, -0.25) is 4.79 Å². The van der Waals surface area contributed by atoms with Gasteiger partial charge in [-0.25, -0.2) is 12.4 Å². The first kappa shape index (κ1) is 18.9. The highest BCUT2D eigenvalue weighted by Crippen LogP contribution is 2.48. The minimum atomic E-state index is -3.83. The number of fused-ring (bicyclic) bond motifs is 1. The molecular weight excluding hydrogens is 370 g/mol. The van der Waals surface area contributed by atoms with Gasteiger partial charge < -0.3 is 0 Å². The zero-order chi connectivity index (χ0) is 20.4. The molecule has 1 aliphatic carbocycles. The van der Waals surface area contributed by atoms with Gasteiger partial charge >= 0.3 is 0 Å². The van der Waals surface area contributed by atoms with E-state index in [0.717, 1.165) is 24.0 Å². The molecule has 0 amide bonds. The molecular formula is C23H25NO3S. The Hall–Kier alpha value is -2.40. The summed E-state index contributed by atoms with van der Waals surface area (Å²) in [5.74, 6) is -0.137. The van der Waals surface area contributed by atoms with Crippen molar-refractivity contribution in [2.24, 2.45) is 0 Å². The third kappa shape index (κ3) is 2.80. The molecule has 4 rings (SSSR count). The Morgan fingerprint density at radius 1 is 1.04 bits per heavy atom. The summed E-state index contributed by atoms with van der Waals surface area (Å²) in [6.45, 7) is 9.26. The number of aryl methyl sites for hydroxylation is 3. The fourth-order valence-corrected chi connectivity index (χ4v) is 5.98. The molecule has 0 spiro atoms. The second-order valence-electron chi connectivity index (χ2n) is 8.42. The molecule has 0 radical (unpaired) electrons. The first-order valence-corrected chi connectivity index (χ1v) is 11.0. The summed E-state index contributed by atoms with van der Waals surface area (Å²) in [6, 6.07) is 9.64. The molecule has 3 aromatic rings. The summed E-state index contributed by atoms with van der Waals surface area (Å²) in [5, 5.41) is 0.687. The Bertz CT molecular complexity index is 1220. The standard InChI is InChI=1S/C23H25NO3S/c1-14-10-15(2)22(16(3)11-14)28(26,27)24-13-20(17(4)25)19-7-6-18(12-21(19)24)23(5)8-9-23/h6-7,10-13H,8-9H2,1-5H3. The number of carbonyl (C=O) groups is 1. The van der Waals surface area contributed by atoms with E-state index < -0.39 is 10.0 Å². The van der Waals surface area contributed by atoms with Gasteiger partial charge in [0.25, 0.3) is 10.0 Å². The van der Waals surface area contributed by atoms with Crippen LogP contribution in [0.1, 0.15) is 59.3 Å². The van der Waals surface area contributed by atoms with Crippen molar-refractivity contribution in [2.75, 3.05) is 0 Å². The molecule has 5 heteroatoms. The lowest BCUT2D eigenvalue weighted by Crippen LogP contribution is -2.15. The number of nitrogens with zero attached hydrogens (tertiary/aromatic N) is 1. The number of benzene rings is 2. The lowest BCUT2D eigenvalue weighted by atomic mass is 9.96. The molecule has 1 aliphatic rings. The molecule has 0 atom stereocenters. The Balaban J connectivity index is 2.04. The van der Waals surface area contributed by atoms with Crippen LogP contribution in [0.15, 0.2) is 41.4 Å². The second-order valence-corrected chi connectivity index (χ2v) is 10.2. The highest BCUT2D eigenvalue weighted by atomic mass is 32.2. The molecule has 1 fully saturated rings. The maximum atomic E-state index is 13.7. The smallest absolute Gasteiger partial charge is 0.268 e. The first-order valence-electron chi connectivity index (χ1n) is 9.54. The largest absolute Gasteiger partial charge is 0.294 e. The normalized spacial score (nSPS) is 15.8. The van der Waals surface area contributed by atoms with Gasteiger partial charge in [-0.15, -0.1) is 0 Å². The van der Waals surface area contributed by atoms with Crippen LogP contribution in [0, 0.1) is 20.8 Å². The summed E-state index contributed by atoms with van der Waals surface area (Å²) < 4.78 is 28.6. The number of ketones is 1. The second kappa shape index (κ2) is 6.05. The molecule has 0 unspecified atom stereocenters. The van der Waals surface area contributed by atoms with Gasteiger partial charge in [0.2, 0.25) is 0 Å². The average Bonchev–Trinajstić information content (AvgIpc) is 3.20. The fraction of sp³-hybridized carbons (Fsp3) is 0.348. The lowest BCUT2D eigenvalue weighted by Gasteiger charge is -2.15. The van der Waals surface area contributed by atoms with E-state index in [-0.39, 0.29) is 11.2 Å². The third-order valence-electron chi connectivity index (χ3n) is 5.97.